The van der Waals surface area contributed by atoms with Crippen molar-refractivity contribution < 1.29 is 9.50 Å². The van der Waals surface area contributed by atoms with Crippen molar-refractivity contribution in [1.82, 2.24) is 4.57 Å². The number of aromatic nitrogens is 1. The minimum Gasteiger partial charge on any atom is -0.392 e. The molecular formula is C19H15ClFNO2. The maximum absolute atomic E-state index is 14.0. The summed E-state index contributed by atoms with van der Waals surface area (Å²) in [4.78, 5) is 12.1. The molecule has 24 heavy (non-hydrogen) atoms. The van der Waals surface area contributed by atoms with Gasteiger partial charge >= 0.3 is 0 Å². The molecule has 0 spiro atoms. The van der Waals surface area contributed by atoms with Gasteiger partial charge in [-0.3, -0.25) is 4.79 Å². The van der Waals surface area contributed by atoms with Gasteiger partial charge in [-0.2, -0.15) is 0 Å². The Morgan fingerprint density at radius 3 is 2.38 bits per heavy atom. The zero-order chi connectivity index (χ0) is 17.1. The molecule has 3 rings (SSSR count). The summed E-state index contributed by atoms with van der Waals surface area (Å²) in [6, 6.07) is 15.0. The van der Waals surface area contributed by atoms with Crippen molar-refractivity contribution in [3.8, 4) is 11.1 Å². The van der Waals surface area contributed by atoms with E-state index in [-0.39, 0.29) is 18.7 Å². The zero-order valence-electron chi connectivity index (χ0n) is 12.7. The second-order valence-electron chi connectivity index (χ2n) is 5.47. The van der Waals surface area contributed by atoms with Crippen LogP contribution in [0.25, 0.3) is 11.1 Å². The predicted molar refractivity (Wildman–Crippen MR) is 92.6 cm³/mol. The average molecular weight is 344 g/mol. The number of aliphatic hydroxyl groups is 1. The van der Waals surface area contributed by atoms with Crippen molar-refractivity contribution in [2.75, 3.05) is 0 Å². The molecule has 1 N–H and O–H groups in total. The van der Waals surface area contributed by atoms with E-state index in [0.29, 0.717) is 10.6 Å². The van der Waals surface area contributed by atoms with Crippen LogP contribution in [0, 0.1) is 5.82 Å². The smallest absolute Gasteiger partial charge is 0.250 e. The maximum atomic E-state index is 14.0. The maximum Gasteiger partial charge on any atom is 0.250 e. The minimum atomic E-state index is -0.438. The van der Waals surface area contributed by atoms with E-state index in [4.69, 9.17) is 16.7 Å². The monoisotopic (exact) mass is 343 g/mol. The molecule has 2 aromatic carbocycles. The van der Waals surface area contributed by atoms with E-state index in [1.165, 1.54) is 16.7 Å². The van der Waals surface area contributed by atoms with E-state index in [1.807, 2.05) is 24.3 Å². The Kier molecular flexibility index (Phi) is 4.79. The molecule has 122 valence electrons. The van der Waals surface area contributed by atoms with E-state index in [9.17, 15) is 9.18 Å². The lowest BCUT2D eigenvalue weighted by molar-refractivity contribution is 0.282. The third kappa shape index (κ3) is 3.55. The van der Waals surface area contributed by atoms with Crippen LogP contribution in [0.5, 0.6) is 0 Å². The first-order valence-corrected chi connectivity index (χ1v) is 7.79. The van der Waals surface area contributed by atoms with E-state index in [2.05, 4.69) is 0 Å². The second-order valence-corrected chi connectivity index (χ2v) is 5.91. The average Bonchev–Trinajstić information content (AvgIpc) is 2.59. The van der Waals surface area contributed by atoms with Crippen molar-refractivity contribution >= 4 is 11.6 Å². The summed E-state index contributed by atoms with van der Waals surface area (Å²) in [5, 5.41) is 9.42. The molecule has 1 aromatic heterocycles. The van der Waals surface area contributed by atoms with Gasteiger partial charge in [-0.05, 0) is 34.9 Å². The number of nitrogens with zero attached hydrogens (tertiary/aromatic N) is 1. The molecule has 1 heterocycles. The lowest BCUT2D eigenvalue weighted by Crippen LogP contribution is -2.19. The molecule has 3 aromatic rings. The number of rotatable bonds is 4. The minimum absolute atomic E-state index is 0.0182. The highest BCUT2D eigenvalue weighted by molar-refractivity contribution is 6.30. The number of halogens is 2. The van der Waals surface area contributed by atoms with Crippen LogP contribution >= 0.6 is 11.6 Å². The Morgan fingerprint density at radius 1 is 1.00 bits per heavy atom. The molecule has 3 nitrogen and oxygen atoms in total. The molecule has 0 saturated heterocycles. The number of benzene rings is 2. The second kappa shape index (κ2) is 6.99. The molecular weight excluding hydrogens is 329 g/mol. The quantitative estimate of drug-likeness (QED) is 0.782. The molecule has 0 aliphatic rings. The van der Waals surface area contributed by atoms with Gasteiger partial charge in [0.25, 0.3) is 5.56 Å². The normalized spacial score (nSPS) is 10.8. The lowest BCUT2D eigenvalue weighted by atomic mass is 10.1. The molecule has 0 radical (unpaired) electrons. The zero-order valence-corrected chi connectivity index (χ0v) is 13.5. The Bertz CT molecular complexity index is 919. The van der Waals surface area contributed by atoms with E-state index < -0.39 is 5.82 Å². The first-order chi connectivity index (χ1) is 11.6. The summed E-state index contributed by atoms with van der Waals surface area (Å²) in [5.74, 6) is -0.438. The molecule has 5 heteroatoms. The first-order valence-electron chi connectivity index (χ1n) is 7.41. The molecule has 0 bridgehead atoms. The number of hydrogen-bond acceptors (Lipinski definition) is 2. The van der Waals surface area contributed by atoms with Crippen LogP contribution < -0.4 is 5.56 Å². The van der Waals surface area contributed by atoms with Crippen molar-refractivity contribution in [3.63, 3.8) is 0 Å². The van der Waals surface area contributed by atoms with Crippen molar-refractivity contribution in [2.45, 2.75) is 13.2 Å². The Hall–Kier alpha value is -2.43. The van der Waals surface area contributed by atoms with Gasteiger partial charge < -0.3 is 9.67 Å². The molecule has 0 fully saturated rings. The summed E-state index contributed by atoms with van der Waals surface area (Å²) in [6.07, 6.45) is 1.70. The highest BCUT2D eigenvalue weighted by atomic mass is 35.5. The summed E-state index contributed by atoms with van der Waals surface area (Å²) in [6.45, 7) is 0.111. The molecule has 0 unspecified atom stereocenters. The molecule has 0 amide bonds. The fraction of sp³-hybridized carbons (Fsp3) is 0.105. The summed E-state index contributed by atoms with van der Waals surface area (Å²) >= 11 is 5.75. The molecule has 0 saturated carbocycles. The number of pyridine rings is 1. The van der Waals surface area contributed by atoms with Crippen LogP contribution in [0.15, 0.2) is 65.6 Å². The number of hydrogen-bond donors (Lipinski definition) is 1. The van der Waals surface area contributed by atoms with Gasteiger partial charge in [-0.25, -0.2) is 4.39 Å². The molecule has 0 atom stereocenters. The standard InChI is InChI=1S/C19H15ClFNO2/c20-17-7-5-16(18(21)9-17)11-22-10-15(6-8-19(22)24)14-3-1-13(12-23)2-4-14/h1-10,23H,11-12H2. The third-order valence-corrected chi connectivity index (χ3v) is 4.04. The van der Waals surface area contributed by atoms with E-state index >= 15 is 0 Å². The summed E-state index contributed by atoms with van der Waals surface area (Å²) in [7, 11) is 0. The largest absolute Gasteiger partial charge is 0.392 e. The molecule has 0 aliphatic carbocycles. The van der Waals surface area contributed by atoms with Crippen LogP contribution in [0.2, 0.25) is 5.02 Å². The van der Waals surface area contributed by atoms with Crippen LogP contribution in [0.1, 0.15) is 11.1 Å². The predicted octanol–water partition coefficient (Wildman–Crippen LogP) is 3.85. The van der Waals surface area contributed by atoms with Gasteiger partial charge in [0, 0.05) is 22.8 Å². The van der Waals surface area contributed by atoms with E-state index in [1.54, 1.807) is 24.4 Å². The van der Waals surface area contributed by atoms with Crippen LogP contribution in [0.4, 0.5) is 4.39 Å². The Morgan fingerprint density at radius 2 is 1.71 bits per heavy atom. The van der Waals surface area contributed by atoms with Crippen molar-refractivity contribution in [2.24, 2.45) is 0 Å². The lowest BCUT2D eigenvalue weighted by Gasteiger charge is -2.10. The van der Waals surface area contributed by atoms with Crippen molar-refractivity contribution in [1.29, 1.82) is 0 Å². The Balaban J connectivity index is 1.95. The van der Waals surface area contributed by atoms with Crippen LogP contribution in [0.3, 0.4) is 0 Å². The van der Waals surface area contributed by atoms with Gasteiger partial charge in [0.2, 0.25) is 0 Å². The first kappa shape index (κ1) is 16.4. The highest BCUT2D eigenvalue weighted by Crippen LogP contribution is 2.20. The number of aliphatic hydroxyl groups excluding tert-OH is 1. The van der Waals surface area contributed by atoms with Gasteiger partial charge in [-0.1, -0.05) is 41.9 Å². The van der Waals surface area contributed by atoms with Gasteiger partial charge in [0.1, 0.15) is 5.82 Å². The Labute approximate surface area is 143 Å². The topological polar surface area (TPSA) is 42.2 Å². The summed E-state index contributed by atoms with van der Waals surface area (Å²) < 4.78 is 15.4. The third-order valence-electron chi connectivity index (χ3n) is 3.81. The fourth-order valence-corrected chi connectivity index (χ4v) is 2.62. The fourth-order valence-electron chi connectivity index (χ4n) is 2.46. The highest BCUT2D eigenvalue weighted by Gasteiger charge is 2.07. The van der Waals surface area contributed by atoms with E-state index in [0.717, 1.165) is 16.7 Å². The van der Waals surface area contributed by atoms with Gasteiger partial charge in [0.15, 0.2) is 0 Å². The van der Waals surface area contributed by atoms with Gasteiger partial charge in [0.05, 0.1) is 13.2 Å². The van der Waals surface area contributed by atoms with Crippen molar-refractivity contribution in [3.05, 3.63) is 93.1 Å². The SMILES string of the molecule is O=c1ccc(-c2ccc(CO)cc2)cn1Cc1ccc(Cl)cc1F. The molecule has 0 aliphatic heterocycles. The van der Waals surface area contributed by atoms with Crippen LogP contribution in [-0.2, 0) is 13.2 Å². The van der Waals surface area contributed by atoms with Crippen LogP contribution in [-0.4, -0.2) is 9.67 Å². The summed E-state index contributed by atoms with van der Waals surface area (Å²) in [5.41, 5.74) is 2.76. The van der Waals surface area contributed by atoms with Gasteiger partial charge in [-0.15, -0.1) is 0 Å².